The molecular formula is C24H35F3N4O. The summed E-state index contributed by atoms with van der Waals surface area (Å²) in [5.74, 6) is 3.27. The van der Waals surface area contributed by atoms with Gasteiger partial charge in [-0.25, -0.2) is 5.84 Å². The van der Waals surface area contributed by atoms with Gasteiger partial charge < -0.3 is 10.7 Å². The van der Waals surface area contributed by atoms with Gasteiger partial charge in [-0.2, -0.15) is 18.4 Å². The maximum Gasteiger partial charge on any atom is 0.394 e. The van der Waals surface area contributed by atoms with Gasteiger partial charge in [-0.3, -0.25) is 4.79 Å². The molecule has 1 amide bonds. The van der Waals surface area contributed by atoms with E-state index in [9.17, 15) is 23.2 Å². The van der Waals surface area contributed by atoms with Gasteiger partial charge in [0.2, 0.25) is 5.91 Å². The molecule has 32 heavy (non-hydrogen) atoms. The highest BCUT2D eigenvalue weighted by Crippen LogP contribution is 2.31. The van der Waals surface area contributed by atoms with E-state index in [1.807, 2.05) is 39.0 Å². The lowest BCUT2D eigenvalue weighted by molar-refractivity contribution is -0.156. The molecule has 0 heterocycles. The molecule has 0 aromatic heterocycles. The van der Waals surface area contributed by atoms with E-state index < -0.39 is 18.0 Å². The number of benzene rings is 1. The second-order valence-electron chi connectivity index (χ2n) is 6.67. The van der Waals surface area contributed by atoms with Crippen molar-refractivity contribution in [1.29, 1.82) is 5.26 Å². The van der Waals surface area contributed by atoms with Crippen molar-refractivity contribution in [3.8, 4) is 6.07 Å². The van der Waals surface area contributed by atoms with Crippen molar-refractivity contribution in [1.82, 2.24) is 5.01 Å². The summed E-state index contributed by atoms with van der Waals surface area (Å²) in [7, 11) is 0. The third-order valence-corrected chi connectivity index (χ3v) is 3.90. The zero-order chi connectivity index (χ0) is 25.5. The highest BCUT2D eigenvalue weighted by Gasteiger charge is 2.35. The molecule has 1 atom stereocenters. The fourth-order valence-corrected chi connectivity index (χ4v) is 2.14. The van der Waals surface area contributed by atoms with Gasteiger partial charge in [0, 0.05) is 17.7 Å². The maximum atomic E-state index is 12.8. The van der Waals surface area contributed by atoms with Crippen LogP contribution in [0.25, 0.3) is 5.70 Å². The van der Waals surface area contributed by atoms with Gasteiger partial charge in [0.15, 0.2) is 0 Å². The lowest BCUT2D eigenvalue weighted by Crippen LogP contribution is -2.31. The Kier molecular flexibility index (Phi) is 15.3. The van der Waals surface area contributed by atoms with Crippen LogP contribution in [-0.2, 0) is 0 Å². The first kappa shape index (κ1) is 31.1. The number of nitrogens with two attached hydrogens (primary N) is 2. The van der Waals surface area contributed by atoms with Crippen molar-refractivity contribution in [3.05, 3.63) is 64.8 Å². The van der Waals surface area contributed by atoms with E-state index in [1.165, 1.54) is 23.8 Å². The number of nitriles is 1. The van der Waals surface area contributed by atoms with Crippen LogP contribution in [0, 0.1) is 17.2 Å². The van der Waals surface area contributed by atoms with E-state index in [4.69, 9.17) is 11.6 Å². The van der Waals surface area contributed by atoms with Crippen molar-refractivity contribution in [2.45, 2.75) is 54.6 Å². The Balaban J connectivity index is 0. The molecule has 1 aromatic rings. The average molecular weight is 453 g/mol. The summed E-state index contributed by atoms with van der Waals surface area (Å²) in [4.78, 5) is 11.2. The molecule has 178 valence electrons. The Morgan fingerprint density at radius 3 is 2.19 bits per heavy atom. The van der Waals surface area contributed by atoms with Crippen LogP contribution in [0.5, 0.6) is 0 Å². The van der Waals surface area contributed by atoms with Crippen LogP contribution < -0.4 is 11.6 Å². The topological polar surface area (TPSA) is 96.1 Å². The fraction of sp³-hybridized carbons (Fsp3) is 0.417. The van der Waals surface area contributed by atoms with Crippen LogP contribution in [0.3, 0.4) is 0 Å². The van der Waals surface area contributed by atoms with Crippen LogP contribution >= 0.6 is 0 Å². The first-order valence-electron chi connectivity index (χ1n) is 10.3. The first-order valence-corrected chi connectivity index (χ1v) is 10.3. The van der Waals surface area contributed by atoms with Crippen molar-refractivity contribution in [2.75, 3.05) is 6.54 Å². The Labute approximate surface area is 189 Å². The van der Waals surface area contributed by atoms with Gasteiger partial charge >= 0.3 is 6.18 Å². The van der Waals surface area contributed by atoms with E-state index in [0.717, 1.165) is 18.0 Å². The van der Waals surface area contributed by atoms with Crippen molar-refractivity contribution >= 4 is 11.6 Å². The molecule has 0 saturated carbocycles. The van der Waals surface area contributed by atoms with Crippen LogP contribution in [0.4, 0.5) is 13.2 Å². The smallest absolute Gasteiger partial charge is 0.366 e. The first-order chi connectivity index (χ1) is 14.9. The molecule has 5 nitrogen and oxygen atoms in total. The Morgan fingerprint density at radius 1 is 1.28 bits per heavy atom. The molecule has 4 N–H and O–H groups in total. The molecule has 0 bridgehead atoms. The SMILES string of the molecule is C/C=C\C=C(C)C.CC.CCN(N)/C(=C\C(C)C(F)(F)F)c1ccc(C(N)=O)cc1C#N. The Hall–Kier alpha value is -3.05. The lowest BCUT2D eigenvalue weighted by Gasteiger charge is -2.24. The number of allylic oxidation sites excluding steroid dienone is 5. The summed E-state index contributed by atoms with van der Waals surface area (Å²) in [6, 6.07) is 5.79. The van der Waals surface area contributed by atoms with E-state index in [-0.39, 0.29) is 28.9 Å². The minimum Gasteiger partial charge on any atom is -0.366 e. The fourth-order valence-electron chi connectivity index (χ4n) is 2.14. The largest absolute Gasteiger partial charge is 0.394 e. The maximum absolute atomic E-state index is 12.8. The molecule has 1 unspecified atom stereocenters. The molecule has 0 radical (unpaired) electrons. The van der Waals surface area contributed by atoms with Gasteiger partial charge in [-0.05, 0) is 45.9 Å². The molecule has 0 aliphatic carbocycles. The van der Waals surface area contributed by atoms with E-state index in [2.05, 4.69) is 19.9 Å². The van der Waals surface area contributed by atoms with Gasteiger partial charge in [0.05, 0.1) is 23.2 Å². The standard InChI is InChI=1S/C15H17F3N4O.C7H12.C2H6/c1-3-22(21)13(6-9(2)15(16,17)18)12-5-4-10(14(20)23)7-11(12)8-19;1-4-5-6-7(2)3;1-2/h4-7,9H,3,21H2,1-2H3,(H2,20,23);4-6H,1-3H3;1-2H3/b13-6-;5-4-;. The average Bonchev–Trinajstić information content (AvgIpc) is 2.75. The van der Waals surface area contributed by atoms with Gasteiger partial charge in [0.1, 0.15) is 0 Å². The second kappa shape index (κ2) is 15.7. The summed E-state index contributed by atoms with van der Waals surface area (Å²) in [5, 5.41) is 10.3. The van der Waals surface area contributed by atoms with E-state index in [1.54, 1.807) is 6.92 Å². The number of rotatable bonds is 6. The molecule has 0 aliphatic rings. The number of halogens is 3. The Bertz CT molecular complexity index is 846. The number of hydrogen-bond acceptors (Lipinski definition) is 4. The highest BCUT2D eigenvalue weighted by atomic mass is 19.4. The highest BCUT2D eigenvalue weighted by molar-refractivity contribution is 5.93. The zero-order valence-electron chi connectivity index (χ0n) is 19.9. The van der Waals surface area contributed by atoms with Gasteiger partial charge in [-0.15, -0.1) is 0 Å². The van der Waals surface area contributed by atoms with Gasteiger partial charge in [-0.1, -0.05) is 50.6 Å². The number of nitrogens with zero attached hydrogens (tertiary/aromatic N) is 2. The van der Waals surface area contributed by atoms with Crippen molar-refractivity contribution < 1.29 is 18.0 Å². The van der Waals surface area contributed by atoms with Crippen LogP contribution in [0.2, 0.25) is 0 Å². The molecule has 0 saturated heterocycles. The molecule has 1 aromatic carbocycles. The predicted molar refractivity (Wildman–Crippen MR) is 125 cm³/mol. The van der Waals surface area contributed by atoms with E-state index >= 15 is 0 Å². The minimum atomic E-state index is -4.43. The van der Waals surface area contributed by atoms with Crippen molar-refractivity contribution in [3.63, 3.8) is 0 Å². The number of amides is 1. The third kappa shape index (κ3) is 11.4. The lowest BCUT2D eigenvalue weighted by atomic mass is 9.98. The quantitative estimate of drug-likeness (QED) is 0.317. The second-order valence-corrected chi connectivity index (χ2v) is 6.67. The number of carbonyl (C=O) groups excluding carboxylic acids is 1. The normalized spacial score (nSPS) is 11.9. The minimum absolute atomic E-state index is 0.0193. The molecular weight excluding hydrogens is 417 g/mol. The Morgan fingerprint density at radius 2 is 1.84 bits per heavy atom. The number of primary amides is 1. The van der Waals surface area contributed by atoms with Gasteiger partial charge in [0.25, 0.3) is 0 Å². The predicted octanol–water partition coefficient (Wildman–Crippen LogP) is 5.95. The number of hydrogen-bond donors (Lipinski definition) is 2. The zero-order valence-corrected chi connectivity index (χ0v) is 19.9. The molecule has 1 rings (SSSR count). The number of alkyl halides is 3. The molecule has 8 heteroatoms. The number of carbonyl (C=O) groups is 1. The monoisotopic (exact) mass is 452 g/mol. The summed E-state index contributed by atoms with van der Waals surface area (Å²) in [6.07, 6.45) is 2.66. The van der Waals surface area contributed by atoms with Crippen molar-refractivity contribution in [2.24, 2.45) is 17.5 Å². The third-order valence-electron chi connectivity index (χ3n) is 3.90. The molecule has 0 spiro atoms. The van der Waals surface area contributed by atoms with Crippen LogP contribution in [0.15, 0.2) is 48.1 Å². The summed E-state index contributed by atoms with van der Waals surface area (Å²) in [6.45, 7) is 13.1. The number of hydrazine groups is 1. The van der Waals surface area contributed by atoms with E-state index in [0.29, 0.717) is 0 Å². The van der Waals surface area contributed by atoms with Crippen LogP contribution in [-0.4, -0.2) is 23.6 Å². The summed E-state index contributed by atoms with van der Waals surface area (Å²) < 4.78 is 38.4. The molecule has 0 aliphatic heterocycles. The summed E-state index contributed by atoms with van der Waals surface area (Å²) in [5.41, 5.74) is 6.86. The van der Waals surface area contributed by atoms with Crippen LogP contribution in [0.1, 0.15) is 70.0 Å². The summed E-state index contributed by atoms with van der Waals surface area (Å²) >= 11 is 0. The molecule has 0 fully saturated rings.